The minimum Gasteiger partial charge on any atom is -0.341 e. The number of para-hydroxylation sites is 1. The lowest BCUT2D eigenvalue weighted by molar-refractivity contribution is 0.258. The number of sulfonamides is 1. The zero-order valence-corrected chi connectivity index (χ0v) is 18.3. The number of likely N-dealkylation sites (tertiary alicyclic amines) is 1. The third-order valence-corrected chi connectivity index (χ3v) is 6.79. The molecule has 1 heterocycles. The van der Waals surface area contributed by atoms with Crippen LogP contribution in [0.3, 0.4) is 0 Å². The van der Waals surface area contributed by atoms with E-state index in [9.17, 15) is 8.42 Å². The van der Waals surface area contributed by atoms with Gasteiger partial charge in [0, 0.05) is 3.57 Å². The van der Waals surface area contributed by atoms with Crippen LogP contribution in [-0.4, -0.2) is 38.8 Å². The number of amidine groups is 1. The number of nitrogens with zero attached hydrogens (tertiary/aromatic N) is 2. The van der Waals surface area contributed by atoms with E-state index in [1.807, 2.05) is 31.2 Å². The fraction of sp³-hybridized carbons (Fsp3) is 0.350. The van der Waals surface area contributed by atoms with E-state index < -0.39 is 10.0 Å². The quantitative estimate of drug-likeness (QED) is 0.381. The molecule has 144 valence electrons. The van der Waals surface area contributed by atoms with Crippen molar-refractivity contribution in [1.82, 2.24) is 4.90 Å². The van der Waals surface area contributed by atoms with Crippen LogP contribution in [0.2, 0.25) is 0 Å². The first kappa shape index (κ1) is 20.3. The van der Waals surface area contributed by atoms with Crippen molar-refractivity contribution in [1.29, 1.82) is 0 Å². The maximum atomic E-state index is 12.8. The Bertz CT molecular complexity index is 905. The molecular weight excluding hydrogens is 473 g/mol. The Kier molecular flexibility index (Phi) is 6.88. The molecule has 1 aliphatic rings. The molecule has 0 aliphatic carbocycles. The largest absolute Gasteiger partial charge is 0.341 e. The van der Waals surface area contributed by atoms with E-state index in [0.29, 0.717) is 12.4 Å². The lowest BCUT2D eigenvalue weighted by Gasteiger charge is -2.27. The van der Waals surface area contributed by atoms with Crippen molar-refractivity contribution in [2.24, 2.45) is 4.40 Å². The molecule has 1 aliphatic heterocycles. The van der Waals surface area contributed by atoms with Crippen LogP contribution >= 0.6 is 22.6 Å². The van der Waals surface area contributed by atoms with Crippen LogP contribution in [0.25, 0.3) is 0 Å². The first-order valence-corrected chi connectivity index (χ1v) is 11.6. The van der Waals surface area contributed by atoms with Gasteiger partial charge in [-0.25, -0.2) is 0 Å². The van der Waals surface area contributed by atoms with Gasteiger partial charge in [-0.1, -0.05) is 36.2 Å². The first-order chi connectivity index (χ1) is 12.9. The van der Waals surface area contributed by atoms with Gasteiger partial charge in [0.05, 0.1) is 17.1 Å². The number of rotatable bonds is 5. The normalized spacial score (nSPS) is 16.3. The van der Waals surface area contributed by atoms with Crippen molar-refractivity contribution in [3.63, 3.8) is 0 Å². The minimum absolute atomic E-state index is 0.216. The molecule has 2 aromatic rings. The Hall–Kier alpha value is -1.45. The maximum absolute atomic E-state index is 12.8. The minimum atomic E-state index is -3.76. The average Bonchev–Trinajstić information content (AvgIpc) is 2.64. The van der Waals surface area contributed by atoms with Gasteiger partial charge in [0.2, 0.25) is 0 Å². The maximum Gasteiger partial charge on any atom is 0.283 e. The lowest BCUT2D eigenvalue weighted by Crippen LogP contribution is -2.37. The van der Waals surface area contributed by atoms with Gasteiger partial charge in [-0.15, -0.1) is 4.40 Å². The van der Waals surface area contributed by atoms with Gasteiger partial charge in [0.15, 0.2) is 0 Å². The summed E-state index contributed by atoms with van der Waals surface area (Å²) in [5.74, 6) is 0.460. The van der Waals surface area contributed by atoms with E-state index in [2.05, 4.69) is 37.2 Å². The summed E-state index contributed by atoms with van der Waals surface area (Å²) in [4.78, 5) is 2.48. The zero-order chi connectivity index (χ0) is 19.3. The Balaban J connectivity index is 1.90. The topological polar surface area (TPSA) is 61.8 Å². The van der Waals surface area contributed by atoms with Crippen LogP contribution in [0.4, 0.5) is 5.69 Å². The summed E-state index contributed by atoms with van der Waals surface area (Å²) in [7, 11) is -3.76. The van der Waals surface area contributed by atoms with Crippen LogP contribution in [0.1, 0.15) is 24.8 Å². The van der Waals surface area contributed by atoms with Crippen molar-refractivity contribution >= 4 is 44.1 Å². The molecule has 0 amide bonds. The second-order valence-electron chi connectivity index (χ2n) is 6.77. The Morgan fingerprint density at radius 2 is 1.74 bits per heavy atom. The molecule has 1 saturated heterocycles. The van der Waals surface area contributed by atoms with E-state index in [1.165, 1.54) is 6.42 Å². The number of nitrogens with one attached hydrogen (secondary N) is 1. The average molecular weight is 497 g/mol. The second kappa shape index (κ2) is 9.16. The predicted octanol–water partition coefficient (Wildman–Crippen LogP) is 4.28. The van der Waals surface area contributed by atoms with E-state index in [1.54, 1.807) is 24.3 Å². The first-order valence-electron chi connectivity index (χ1n) is 9.08. The van der Waals surface area contributed by atoms with E-state index in [-0.39, 0.29) is 4.90 Å². The molecule has 0 spiro atoms. The molecule has 2 aromatic carbocycles. The summed E-state index contributed by atoms with van der Waals surface area (Å²) in [6, 6.07) is 14.6. The monoisotopic (exact) mass is 497 g/mol. The highest BCUT2D eigenvalue weighted by molar-refractivity contribution is 14.1. The third kappa shape index (κ3) is 5.76. The standard InChI is InChI=1S/C20H24IN3O2S/c1-16-9-11-17(12-10-16)27(25,26)23-20(15-24-13-5-2-6-14-24)22-19-8-4-3-7-18(19)21/h3-4,7-12H,2,5-6,13-15H2,1H3,(H,22,23). The fourth-order valence-corrected chi connectivity index (χ4v) is 4.55. The van der Waals surface area contributed by atoms with Crippen LogP contribution in [0, 0.1) is 10.5 Å². The predicted molar refractivity (Wildman–Crippen MR) is 119 cm³/mol. The molecule has 0 bridgehead atoms. The molecule has 0 unspecified atom stereocenters. The number of aryl methyl sites for hydroxylation is 1. The summed E-state index contributed by atoms with van der Waals surface area (Å²) in [5, 5.41) is 3.25. The van der Waals surface area contributed by atoms with Gasteiger partial charge in [-0.3, -0.25) is 4.90 Å². The van der Waals surface area contributed by atoms with Crippen LogP contribution in [0.15, 0.2) is 57.8 Å². The van der Waals surface area contributed by atoms with E-state index >= 15 is 0 Å². The highest BCUT2D eigenvalue weighted by Gasteiger charge is 2.18. The SMILES string of the molecule is Cc1ccc(S(=O)(=O)N=C(CN2CCCCC2)Nc2ccccc2I)cc1. The van der Waals surface area contributed by atoms with Crippen LogP contribution < -0.4 is 5.32 Å². The number of hydrogen-bond acceptors (Lipinski definition) is 3. The van der Waals surface area contributed by atoms with Crippen LogP contribution in [0.5, 0.6) is 0 Å². The summed E-state index contributed by atoms with van der Waals surface area (Å²) in [6.07, 6.45) is 3.51. The van der Waals surface area contributed by atoms with E-state index in [0.717, 1.165) is 40.8 Å². The fourth-order valence-electron chi connectivity index (χ4n) is 3.05. The van der Waals surface area contributed by atoms with Crippen molar-refractivity contribution < 1.29 is 8.42 Å². The van der Waals surface area contributed by atoms with Gasteiger partial charge in [-0.05, 0) is 79.7 Å². The molecule has 0 saturated carbocycles. The van der Waals surface area contributed by atoms with Crippen molar-refractivity contribution in [3.05, 3.63) is 57.7 Å². The second-order valence-corrected chi connectivity index (χ2v) is 9.53. The smallest absolute Gasteiger partial charge is 0.283 e. The van der Waals surface area contributed by atoms with Gasteiger partial charge in [0.25, 0.3) is 10.0 Å². The Labute approximate surface area is 175 Å². The molecule has 27 heavy (non-hydrogen) atoms. The number of hydrogen-bond donors (Lipinski definition) is 1. The summed E-state index contributed by atoms with van der Waals surface area (Å²) < 4.78 is 30.8. The Morgan fingerprint density at radius 1 is 1.07 bits per heavy atom. The molecular formula is C20H24IN3O2S. The van der Waals surface area contributed by atoms with Gasteiger partial charge >= 0.3 is 0 Å². The third-order valence-electron chi connectivity index (χ3n) is 4.52. The van der Waals surface area contributed by atoms with E-state index in [4.69, 9.17) is 0 Å². The molecule has 3 rings (SSSR count). The molecule has 0 aromatic heterocycles. The summed E-state index contributed by atoms with van der Waals surface area (Å²) in [5.41, 5.74) is 1.89. The van der Waals surface area contributed by atoms with Gasteiger partial charge < -0.3 is 5.32 Å². The van der Waals surface area contributed by atoms with Crippen molar-refractivity contribution in [2.75, 3.05) is 25.0 Å². The molecule has 0 atom stereocenters. The van der Waals surface area contributed by atoms with Crippen molar-refractivity contribution in [2.45, 2.75) is 31.1 Å². The zero-order valence-electron chi connectivity index (χ0n) is 15.4. The summed E-state index contributed by atoms with van der Waals surface area (Å²) in [6.45, 7) is 4.37. The van der Waals surface area contributed by atoms with Gasteiger partial charge in [-0.2, -0.15) is 8.42 Å². The summed E-state index contributed by atoms with van der Waals surface area (Å²) >= 11 is 2.24. The van der Waals surface area contributed by atoms with Crippen LogP contribution in [-0.2, 0) is 10.0 Å². The molecule has 5 nitrogen and oxygen atoms in total. The molecule has 1 fully saturated rings. The highest BCUT2D eigenvalue weighted by atomic mass is 127. The lowest BCUT2D eigenvalue weighted by atomic mass is 10.1. The number of halogens is 1. The molecule has 0 radical (unpaired) electrons. The molecule has 1 N–H and O–H groups in total. The van der Waals surface area contributed by atoms with Crippen molar-refractivity contribution in [3.8, 4) is 0 Å². The highest BCUT2D eigenvalue weighted by Crippen LogP contribution is 2.19. The Morgan fingerprint density at radius 3 is 2.41 bits per heavy atom. The molecule has 7 heteroatoms. The van der Waals surface area contributed by atoms with Gasteiger partial charge in [0.1, 0.15) is 5.84 Å². The number of piperidine rings is 1. The number of benzene rings is 2. The number of anilines is 1.